The summed E-state index contributed by atoms with van der Waals surface area (Å²) < 4.78 is 5.60. The molecule has 0 saturated carbocycles. The van der Waals surface area contributed by atoms with E-state index in [2.05, 4.69) is 10.2 Å². The number of ether oxygens (including phenoxy) is 1. The molecule has 2 unspecified atom stereocenters. The number of rotatable bonds is 3. The van der Waals surface area contributed by atoms with Gasteiger partial charge in [-0.05, 0) is 19.4 Å². The number of morpholine rings is 1. The van der Waals surface area contributed by atoms with E-state index in [0.717, 1.165) is 6.42 Å². The van der Waals surface area contributed by atoms with E-state index in [4.69, 9.17) is 4.74 Å². The molecule has 0 aliphatic carbocycles. The van der Waals surface area contributed by atoms with Crippen molar-refractivity contribution in [2.45, 2.75) is 32.4 Å². The molecule has 1 aliphatic rings. The number of nitrogens with zero attached hydrogens (tertiary/aromatic N) is 3. The zero-order chi connectivity index (χ0) is 13.1. The highest BCUT2D eigenvalue weighted by molar-refractivity contribution is 5.93. The van der Waals surface area contributed by atoms with Crippen LogP contribution in [0, 0.1) is 0 Å². The summed E-state index contributed by atoms with van der Waals surface area (Å²) in [6.45, 7) is 5.24. The molecule has 0 spiro atoms. The zero-order valence-corrected chi connectivity index (χ0v) is 10.5. The molecule has 0 aromatic carbocycles. The van der Waals surface area contributed by atoms with Crippen molar-refractivity contribution in [3.8, 4) is 0 Å². The van der Waals surface area contributed by atoms with E-state index >= 15 is 0 Å². The molecular weight excluding hydrogens is 234 g/mol. The summed E-state index contributed by atoms with van der Waals surface area (Å²) in [5, 5.41) is 17.0. The van der Waals surface area contributed by atoms with Crippen molar-refractivity contribution in [1.29, 1.82) is 0 Å². The van der Waals surface area contributed by atoms with Gasteiger partial charge in [-0.15, -0.1) is 5.10 Å². The summed E-state index contributed by atoms with van der Waals surface area (Å²) in [6.07, 6.45) is 2.34. The summed E-state index contributed by atoms with van der Waals surface area (Å²) in [5.41, 5.74) is 0.192. The number of aromatic carboxylic acids is 1. The Morgan fingerprint density at radius 2 is 2.44 bits per heavy atom. The zero-order valence-electron chi connectivity index (χ0n) is 10.5. The van der Waals surface area contributed by atoms with Crippen LogP contribution in [0.4, 0.5) is 5.82 Å². The molecule has 1 fully saturated rings. The van der Waals surface area contributed by atoms with Crippen LogP contribution in [0.5, 0.6) is 0 Å². The van der Waals surface area contributed by atoms with Gasteiger partial charge in [0.1, 0.15) is 5.56 Å². The van der Waals surface area contributed by atoms with Crippen molar-refractivity contribution >= 4 is 11.8 Å². The highest BCUT2D eigenvalue weighted by Gasteiger charge is 2.29. The van der Waals surface area contributed by atoms with Crippen molar-refractivity contribution in [1.82, 2.24) is 10.2 Å². The first-order valence-electron chi connectivity index (χ1n) is 6.06. The first-order chi connectivity index (χ1) is 8.63. The average molecular weight is 251 g/mol. The van der Waals surface area contributed by atoms with Gasteiger partial charge >= 0.3 is 5.97 Å². The minimum absolute atomic E-state index is 0.0662. The molecule has 1 saturated heterocycles. The van der Waals surface area contributed by atoms with E-state index in [1.807, 2.05) is 18.7 Å². The molecule has 0 radical (unpaired) electrons. The smallest absolute Gasteiger partial charge is 0.339 e. The molecular formula is C12H17N3O3. The Bertz CT molecular complexity index is 438. The van der Waals surface area contributed by atoms with Crippen LogP contribution in [0.2, 0.25) is 0 Å². The SMILES string of the molecule is CCC1COC(C)CN1c1nnccc1C(=O)O. The first kappa shape index (κ1) is 12.8. The monoisotopic (exact) mass is 251 g/mol. The van der Waals surface area contributed by atoms with Gasteiger partial charge in [0.2, 0.25) is 0 Å². The van der Waals surface area contributed by atoms with Gasteiger partial charge in [-0.25, -0.2) is 4.79 Å². The second kappa shape index (κ2) is 5.30. The largest absolute Gasteiger partial charge is 0.478 e. The number of hydrogen-bond donors (Lipinski definition) is 1. The molecule has 1 aromatic rings. The van der Waals surface area contributed by atoms with Crippen molar-refractivity contribution < 1.29 is 14.6 Å². The maximum atomic E-state index is 11.2. The third-order valence-corrected chi connectivity index (χ3v) is 3.14. The molecule has 2 rings (SSSR count). The van der Waals surface area contributed by atoms with Crippen LogP contribution in [-0.2, 0) is 4.74 Å². The predicted octanol–water partition coefficient (Wildman–Crippen LogP) is 1.18. The highest BCUT2D eigenvalue weighted by Crippen LogP contribution is 2.24. The van der Waals surface area contributed by atoms with Gasteiger partial charge in [0.15, 0.2) is 5.82 Å². The van der Waals surface area contributed by atoms with Crippen LogP contribution in [0.25, 0.3) is 0 Å². The molecule has 6 heteroatoms. The van der Waals surface area contributed by atoms with E-state index in [1.54, 1.807) is 0 Å². The van der Waals surface area contributed by atoms with E-state index < -0.39 is 5.97 Å². The van der Waals surface area contributed by atoms with Crippen molar-refractivity contribution in [3.05, 3.63) is 17.8 Å². The van der Waals surface area contributed by atoms with Gasteiger partial charge in [0, 0.05) is 6.54 Å². The Balaban J connectivity index is 2.36. The maximum absolute atomic E-state index is 11.2. The van der Waals surface area contributed by atoms with E-state index in [1.165, 1.54) is 12.3 Å². The van der Waals surface area contributed by atoms with Crippen LogP contribution in [0.15, 0.2) is 12.3 Å². The summed E-state index contributed by atoms with van der Waals surface area (Å²) in [6, 6.07) is 1.63. The van der Waals surface area contributed by atoms with Crippen molar-refractivity contribution in [2.24, 2.45) is 0 Å². The number of carbonyl (C=O) groups is 1. The van der Waals surface area contributed by atoms with Crippen molar-refractivity contribution in [3.63, 3.8) is 0 Å². The molecule has 1 aromatic heterocycles. The maximum Gasteiger partial charge on any atom is 0.339 e. The quantitative estimate of drug-likeness (QED) is 0.869. The minimum Gasteiger partial charge on any atom is -0.478 e. The summed E-state index contributed by atoms with van der Waals surface area (Å²) in [4.78, 5) is 13.2. The van der Waals surface area contributed by atoms with Gasteiger partial charge in [0.05, 0.1) is 24.9 Å². The predicted molar refractivity (Wildman–Crippen MR) is 65.8 cm³/mol. The molecule has 0 amide bonds. The molecule has 6 nitrogen and oxygen atoms in total. The number of anilines is 1. The molecule has 0 bridgehead atoms. The van der Waals surface area contributed by atoms with Gasteiger partial charge < -0.3 is 14.7 Å². The van der Waals surface area contributed by atoms with Crippen molar-refractivity contribution in [2.75, 3.05) is 18.1 Å². The second-order valence-corrected chi connectivity index (χ2v) is 4.43. The fourth-order valence-corrected chi connectivity index (χ4v) is 2.15. The minimum atomic E-state index is -0.978. The average Bonchev–Trinajstić information content (AvgIpc) is 2.38. The Hall–Kier alpha value is -1.69. The van der Waals surface area contributed by atoms with Crippen LogP contribution in [-0.4, -0.2) is 46.6 Å². The second-order valence-electron chi connectivity index (χ2n) is 4.43. The lowest BCUT2D eigenvalue weighted by molar-refractivity contribution is 0.0293. The van der Waals surface area contributed by atoms with Gasteiger partial charge in [-0.1, -0.05) is 6.92 Å². The third kappa shape index (κ3) is 2.43. The number of hydrogen-bond acceptors (Lipinski definition) is 5. The lowest BCUT2D eigenvalue weighted by atomic mass is 10.1. The molecule has 2 atom stereocenters. The lowest BCUT2D eigenvalue weighted by Crippen LogP contribution is -2.49. The van der Waals surface area contributed by atoms with E-state index in [-0.39, 0.29) is 17.7 Å². The number of carboxylic acids is 1. The van der Waals surface area contributed by atoms with Crippen LogP contribution in [0.3, 0.4) is 0 Å². The molecule has 1 N–H and O–H groups in total. The summed E-state index contributed by atoms with van der Waals surface area (Å²) in [5.74, 6) is -0.541. The number of aromatic nitrogens is 2. The Morgan fingerprint density at radius 1 is 1.67 bits per heavy atom. The first-order valence-corrected chi connectivity index (χ1v) is 6.06. The van der Waals surface area contributed by atoms with E-state index in [0.29, 0.717) is 19.0 Å². The topological polar surface area (TPSA) is 75.5 Å². The summed E-state index contributed by atoms with van der Waals surface area (Å²) in [7, 11) is 0. The van der Waals surface area contributed by atoms with Crippen LogP contribution < -0.4 is 4.90 Å². The fourth-order valence-electron chi connectivity index (χ4n) is 2.15. The van der Waals surface area contributed by atoms with Gasteiger partial charge in [-0.3, -0.25) is 0 Å². The van der Waals surface area contributed by atoms with Gasteiger partial charge in [-0.2, -0.15) is 5.10 Å². The third-order valence-electron chi connectivity index (χ3n) is 3.14. The standard InChI is InChI=1S/C12H17N3O3/c1-3-9-7-18-8(2)6-15(9)11-10(12(16)17)4-5-13-14-11/h4-5,8-9H,3,6-7H2,1-2H3,(H,16,17). The highest BCUT2D eigenvalue weighted by atomic mass is 16.5. The van der Waals surface area contributed by atoms with Gasteiger partial charge in [0.25, 0.3) is 0 Å². The molecule has 18 heavy (non-hydrogen) atoms. The molecule has 98 valence electrons. The molecule has 1 aliphatic heterocycles. The number of carboxylic acid groups (broad SMARTS) is 1. The molecule has 2 heterocycles. The lowest BCUT2D eigenvalue weighted by Gasteiger charge is -2.39. The fraction of sp³-hybridized carbons (Fsp3) is 0.583. The Morgan fingerprint density at radius 3 is 3.11 bits per heavy atom. The Kier molecular flexibility index (Phi) is 3.76. The van der Waals surface area contributed by atoms with E-state index in [9.17, 15) is 9.90 Å². The normalized spacial score (nSPS) is 24.0. The van der Waals surface area contributed by atoms with Crippen LogP contribution in [0.1, 0.15) is 30.6 Å². The Labute approximate surface area is 106 Å². The summed E-state index contributed by atoms with van der Waals surface area (Å²) >= 11 is 0. The van der Waals surface area contributed by atoms with Crippen LogP contribution >= 0.6 is 0 Å².